The van der Waals surface area contributed by atoms with Crippen LogP contribution >= 0.6 is 11.6 Å². The topological polar surface area (TPSA) is 105 Å². The molecule has 0 spiro atoms. The summed E-state index contributed by atoms with van der Waals surface area (Å²) in [6.07, 6.45) is 0. The molecule has 0 fully saturated rings. The van der Waals surface area contributed by atoms with Gasteiger partial charge in [-0.2, -0.15) is 0 Å². The first kappa shape index (κ1) is 21.4. The number of nitrogens with two attached hydrogens (primary N) is 1. The molecule has 148 valence electrons. The molecule has 8 heteroatoms. The number of aryl methyl sites for hydroxylation is 1. The van der Waals surface area contributed by atoms with Gasteiger partial charge in [-0.1, -0.05) is 24.6 Å². The molecular weight excluding hydrogens is 380 g/mol. The third-order valence-electron chi connectivity index (χ3n) is 4.11. The number of likely N-dealkylation sites (N-methyl/N-ethyl adjacent to an activating group) is 1. The fourth-order valence-corrected chi connectivity index (χ4v) is 2.69. The van der Waals surface area contributed by atoms with Crippen LogP contribution < -0.4 is 16.4 Å². The molecule has 0 aliphatic heterocycles. The van der Waals surface area contributed by atoms with Crippen molar-refractivity contribution in [3.05, 3.63) is 58.6 Å². The van der Waals surface area contributed by atoms with Gasteiger partial charge < -0.3 is 16.4 Å². The lowest BCUT2D eigenvalue weighted by Gasteiger charge is -2.20. The number of carbonyl (C=O) groups excluding carboxylic acids is 3. The summed E-state index contributed by atoms with van der Waals surface area (Å²) in [4.78, 5) is 37.3. The van der Waals surface area contributed by atoms with E-state index in [-0.39, 0.29) is 24.9 Å². The SMILES string of the molecule is CCN(CC(=O)Nc1ccc(C(N)=O)cc1)CC(=O)Nc1cc(Cl)ccc1C. The average Bonchev–Trinajstić information content (AvgIpc) is 2.64. The Balaban J connectivity index is 1.90. The van der Waals surface area contributed by atoms with Gasteiger partial charge in [0.1, 0.15) is 0 Å². The second-order valence-corrected chi connectivity index (χ2v) is 6.74. The van der Waals surface area contributed by atoms with Crippen molar-refractivity contribution in [2.75, 3.05) is 30.3 Å². The highest BCUT2D eigenvalue weighted by atomic mass is 35.5. The Morgan fingerprint density at radius 3 is 2.18 bits per heavy atom. The van der Waals surface area contributed by atoms with Gasteiger partial charge in [-0.3, -0.25) is 19.3 Å². The second-order valence-electron chi connectivity index (χ2n) is 6.30. The first-order valence-corrected chi connectivity index (χ1v) is 9.14. The minimum atomic E-state index is -0.531. The summed E-state index contributed by atoms with van der Waals surface area (Å²) in [6.45, 7) is 4.38. The van der Waals surface area contributed by atoms with Crippen LogP contribution in [-0.4, -0.2) is 42.3 Å². The van der Waals surface area contributed by atoms with Crippen LogP contribution in [-0.2, 0) is 9.59 Å². The largest absolute Gasteiger partial charge is 0.366 e. The Labute approximate surface area is 168 Å². The molecule has 28 heavy (non-hydrogen) atoms. The van der Waals surface area contributed by atoms with Crippen molar-refractivity contribution in [1.29, 1.82) is 0 Å². The smallest absolute Gasteiger partial charge is 0.248 e. The van der Waals surface area contributed by atoms with Crippen LogP contribution in [0.1, 0.15) is 22.8 Å². The Hall–Kier alpha value is -2.90. The highest BCUT2D eigenvalue weighted by Crippen LogP contribution is 2.20. The number of nitrogens with one attached hydrogen (secondary N) is 2. The molecule has 0 aliphatic carbocycles. The molecular formula is C20H23ClN4O3. The summed E-state index contributed by atoms with van der Waals surface area (Å²) < 4.78 is 0. The lowest BCUT2D eigenvalue weighted by Crippen LogP contribution is -2.38. The molecule has 0 unspecified atom stereocenters. The number of rotatable bonds is 8. The number of primary amides is 1. The molecule has 0 aromatic heterocycles. The molecule has 7 nitrogen and oxygen atoms in total. The molecule has 0 saturated heterocycles. The van der Waals surface area contributed by atoms with Crippen LogP contribution in [0, 0.1) is 6.92 Å². The minimum absolute atomic E-state index is 0.0516. The van der Waals surface area contributed by atoms with Gasteiger partial charge in [0.25, 0.3) is 0 Å². The molecule has 0 radical (unpaired) electrons. The van der Waals surface area contributed by atoms with Crippen molar-refractivity contribution in [1.82, 2.24) is 4.90 Å². The van der Waals surface area contributed by atoms with Gasteiger partial charge in [-0.05, 0) is 55.4 Å². The zero-order chi connectivity index (χ0) is 20.7. The second kappa shape index (κ2) is 9.87. The molecule has 0 bridgehead atoms. The summed E-state index contributed by atoms with van der Waals surface area (Å²) >= 11 is 5.97. The third-order valence-corrected chi connectivity index (χ3v) is 4.34. The van der Waals surface area contributed by atoms with Crippen molar-refractivity contribution in [3.63, 3.8) is 0 Å². The third kappa shape index (κ3) is 6.37. The number of benzene rings is 2. The Kier molecular flexibility index (Phi) is 7.54. The summed E-state index contributed by atoms with van der Waals surface area (Å²) in [7, 11) is 0. The van der Waals surface area contributed by atoms with E-state index >= 15 is 0 Å². The number of carbonyl (C=O) groups is 3. The van der Waals surface area contributed by atoms with Crippen LogP contribution in [0.25, 0.3) is 0 Å². The van der Waals surface area contributed by atoms with Crippen molar-refractivity contribution in [2.24, 2.45) is 5.73 Å². The summed E-state index contributed by atoms with van der Waals surface area (Å²) in [5.74, 6) is -1.03. The van der Waals surface area contributed by atoms with Crippen LogP contribution in [0.5, 0.6) is 0 Å². The van der Waals surface area contributed by atoms with E-state index in [4.69, 9.17) is 17.3 Å². The fourth-order valence-electron chi connectivity index (χ4n) is 2.52. The average molecular weight is 403 g/mol. The van der Waals surface area contributed by atoms with E-state index in [9.17, 15) is 14.4 Å². The maximum Gasteiger partial charge on any atom is 0.248 e. The summed E-state index contributed by atoms with van der Waals surface area (Å²) in [6, 6.07) is 11.5. The zero-order valence-electron chi connectivity index (χ0n) is 15.8. The van der Waals surface area contributed by atoms with Crippen LogP contribution in [0.2, 0.25) is 5.02 Å². The van der Waals surface area contributed by atoms with Gasteiger partial charge in [0.15, 0.2) is 0 Å². The lowest BCUT2D eigenvalue weighted by molar-refractivity contribution is -0.119. The molecule has 0 atom stereocenters. The van der Waals surface area contributed by atoms with Gasteiger partial charge in [-0.15, -0.1) is 0 Å². The van der Waals surface area contributed by atoms with Gasteiger partial charge in [0, 0.05) is 22.0 Å². The number of anilines is 2. The standard InChI is InChI=1S/C20H23ClN4O3/c1-3-25(12-19(27)24-17-10-15(21)7-4-13(17)2)11-18(26)23-16-8-5-14(6-9-16)20(22)28/h4-10H,3,11-12H2,1-2H3,(H2,22,28)(H,23,26)(H,24,27). The fraction of sp³-hybridized carbons (Fsp3) is 0.250. The molecule has 0 aliphatic rings. The van der Waals surface area contributed by atoms with Crippen LogP contribution in [0.15, 0.2) is 42.5 Å². The number of nitrogens with zero attached hydrogens (tertiary/aromatic N) is 1. The minimum Gasteiger partial charge on any atom is -0.366 e. The predicted molar refractivity (Wildman–Crippen MR) is 111 cm³/mol. The zero-order valence-corrected chi connectivity index (χ0v) is 16.5. The van der Waals surface area contributed by atoms with E-state index in [1.54, 1.807) is 29.2 Å². The number of hydrogen-bond donors (Lipinski definition) is 3. The van der Waals surface area contributed by atoms with Crippen molar-refractivity contribution >= 4 is 40.7 Å². The highest BCUT2D eigenvalue weighted by Gasteiger charge is 2.14. The molecule has 0 saturated carbocycles. The number of halogens is 1. The molecule has 3 amide bonds. The maximum absolute atomic E-state index is 12.3. The van der Waals surface area contributed by atoms with E-state index in [0.717, 1.165) is 5.56 Å². The van der Waals surface area contributed by atoms with E-state index in [2.05, 4.69) is 10.6 Å². The Morgan fingerprint density at radius 2 is 1.61 bits per heavy atom. The van der Waals surface area contributed by atoms with E-state index < -0.39 is 5.91 Å². The first-order valence-electron chi connectivity index (χ1n) is 8.76. The Morgan fingerprint density at radius 1 is 1.00 bits per heavy atom. The van der Waals surface area contributed by atoms with Gasteiger partial charge in [-0.25, -0.2) is 0 Å². The van der Waals surface area contributed by atoms with E-state index in [0.29, 0.717) is 28.5 Å². The molecule has 0 heterocycles. The molecule has 4 N–H and O–H groups in total. The number of hydrogen-bond acceptors (Lipinski definition) is 4. The van der Waals surface area contributed by atoms with Crippen molar-refractivity contribution < 1.29 is 14.4 Å². The quantitative estimate of drug-likeness (QED) is 0.631. The first-order chi connectivity index (χ1) is 13.3. The Bertz CT molecular complexity index is 868. The number of amides is 3. The summed E-state index contributed by atoms with van der Waals surface area (Å²) in [5.41, 5.74) is 7.65. The molecule has 2 aromatic rings. The van der Waals surface area contributed by atoms with Crippen LogP contribution in [0.3, 0.4) is 0 Å². The summed E-state index contributed by atoms with van der Waals surface area (Å²) in [5, 5.41) is 6.08. The van der Waals surface area contributed by atoms with E-state index in [1.807, 2.05) is 19.9 Å². The van der Waals surface area contributed by atoms with Gasteiger partial charge in [0.05, 0.1) is 13.1 Å². The van der Waals surface area contributed by atoms with Crippen molar-refractivity contribution in [2.45, 2.75) is 13.8 Å². The van der Waals surface area contributed by atoms with Crippen molar-refractivity contribution in [3.8, 4) is 0 Å². The maximum atomic E-state index is 12.3. The predicted octanol–water partition coefficient (Wildman–Crippen LogP) is 2.65. The van der Waals surface area contributed by atoms with E-state index in [1.165, 1.54) is 12.1 Å². The van der Waals surface area contributed by atoms with Crippen LogP contribution in [0.4, 0.5) is 11.4 Å². The molecule has 2 rings (SSSR count). The van der Waals surface area contributed by atoms with Gasteiger partial charge in [0.2, 0.25) is 17.7 Å². The van der Waals surface area contributed by atoms with Gasteiger partial charge >= 0.3 is 0 Å². The normalized spacial score (nSPS) is 10.6. The molecule has 2 aromatic carbocycles. The monoisotopic (exact) mass is 402 g/mol. The highest BCUT2D eigenvalue weighted by molar-refractivity contribution is 6.31. The lowest BCUT2D eigenvalue weighted by atomic mass is 10.2.